The summed E-state index contributed by atoms with van der Waals surface area (Å²) in [5.74, 6) is 0.766. The van der Waals surface area contributed by atoms with Gasteiger partial charge in [-0.05, 0) is 12.1 Å². The summed E-state index contributed by atoms with van der Waals surface area (Å²) >= 11 is 0. The molecule has 1 unspecified atom stereocenters. The maximum Gasteiger partial charge on any atom is 0.269 e. The van der Waals surface area contributed by atoms with Crippen molar-refractivity contribution in [2.24, 2.45) is 0 Å². The molecule has 2 heterocycles. The van der Waals surface area contributed by atoms with Crippen molar-refractivity contribution in [2.75, 3.05) is 13.6 Å². The lowest BCUT2D eigenvalue weighted by molar-refractivity contribution is -0.384. The van der Waals surface area contributed by atoms with Crippen molar-refractivity contribution < 1.29 is 14.2 Å². The minimum Gasteiger partial charge on any atom is -0.345 e. The first kappa shape index (κ1) is 13.2. The zero-order valence-electron chi connectivity index (χ0n) is 11.2. The third-order valence-electron chi connectivity index (χ3n) is 3.47. The minimum absolute atomic E-state index is 0.00139. The number of nitro groups is 1. The number of carbonyl (C=O) groups is 1. The van der Waals surface area contributed by atoms with Crippen molar-refractivity contribution >= 4 is 11.6 Å². The van der Waals surface area contributed by atoms with Crippen LogP contribution in [0.4, 0.5) is 5.69 Å². The van der Waals surface area contributed by atoms with Gasteiger partial charge < -0.3 is 9.42 Å². The Morgan fingerprint density at radius 3 is 2.67 bits per heavy atom. The van der Waals surface area contributed by atoms with Crippen LogP contribution in [0.1, 0.15) is 18.2 Å². The van der Waals surface area contributed by atoms with E-state index in [9.17, 15) is 14.9 Å². The van der Waals surface area contributed by atoms with Crippen LogP contribution < -0.4 is 0 Å². The molecule has 21 heavy (non-hydrogen) atoms. The van der Waals surface area contributed by atoms with E-state index in [1.807, 2.05) is 0 Å². The van der Waals surface area contributed by atoms with Crippen LogP contribution >= 0.6 is 0 Å². The molecule has 1 amide bonds. The van der Waals surface area contributed by atoms with E-state index in [0.29, 0.717) is 30.2 Å². The largest absolute Gasteiger partial charge is 0.345 e. The number of rotatable bonds is 3. The Balaban J connectivity index is 1.81. The SMILES string of the molecule is CN1CC(c2noc(-c3ccc([N+](=O)[O-])cc3)n2)CC1=O. The molecule has 0 N–H and O–H groups in total. The molecule has 1 aromatic carbocycles. The van der Waals surface area contributed by atoms with E-state index >= 15 is 0 Å². The van der Waals surface area contributed by atoms with Gasteiger partial charge in [-0.2, -0.15) is 4.98 Å². The van der Waals surface area contributed by atoms with Gasteiger partial charge in [0.2, 0.25) is 5.91 Å². The van der Waals surface area contributed by atoms with Gasteiger partial charge in [0.15, 0.2) is 5.82 Å². The third-order valence-corrected chi connectivity index (χ3v) is 3.47. The molecule has 1 aliphatic rings. The number of likely N-dealkylation sites (tertiary alicyclic amines) is 1. The Labute approximate surface area is 119 Å². The number of amides is 1. The molecule has 2 aromatic rings. The molecule has 0 saturated carbocycles. The summed E-state index contributed by atoms with van der Waals surface area (Å²) < 4.78 is 5.17. The Kier molecular flexibility index (Phi) is 3.13. The molecule has 108 valence electrons. The van der Waals surface area contributed by atoms with E-state index in [2.05, 4.69) is 10.1 Å². The molecule has 1 atom stereocenters. The number of non-ortho nitro benzene ring substituents is 1. The molecular weight excluding hydrogens is 276 g/mol. The van der Waals surface area contributed by atoms with Crippen molar-refractivity contribution in [1.82, 2.24) is 15.0 Å². The van der Waals surface area contributed by atoms with Gasteiger partial charge in [-0.3, -0.25) is 14.9 Å². The highest BCUT2D eigenvalue weighted by atomic mass is 16.6. The van der Waals surface area contributed by atoms with Gasteiger partial charge in [0.1, 0.15) is 0 Å². The standard InChI is InChI=1S/C13H12N4O4/c1-16-7-9(6-11(16)18)12-14-13(21-15-12)8-2-4-10(5-3-8)17(19)20/h2-5,9H,6-7H2,1H3. The van der Waals surface area contributed by atoms with Crippen LogP contribution in [0, 0.1) is 10.1 Å². The van der Waals surface area contributed by atoms with Gasteiger partial charge in [0.05, 0.1) is 4.92 Å². The summed E-state index contributed by atoms with van der Waals surface area (Å²) in [5.41, 5.74) is 0.610. The maximum absolute atomic E-state index is 11.5. The Morgan fingerprint density at radius 1 is 1.38 bits per heavy atom. The lowest BCUT2D eigenvalue weighted by Gasteiger charge is -2.06. The molecule has 0 spiro atoms. The summed E-state index contributed by atoms with van der Waals surface area (Å²) in [6.07, 6.45) is 0.371. The van der Waals surface area contributed by atoms with Crippen molar-refractivity contribution in [3.63, 3.8) is 0 Å². The zero-order valence-corrected chi connectivity index (χ0v) is 11.2. The molecule has 1 aliphatic heterocycles. The van der Waals surface area contributed by atoms with E-state index in [1.165, 1.54) is 12.1 Å². The van der Waals surface area contributed by atoms with Crippen molar-refractivity contribution in [3.05, 3.63) is 40.2 Å². The van der Waals surface area contributed by atoms with Gasteiger partial charge in [-0.25, -0.2) is 0 Å². The van der Waals surface area contributed by atoms with Crippen LogP contribution in [0.25, 0.3) is 11.5 Å². The molecule has 1 aromatic heterocycles. The second kappa shape index (κ2) is 4.97. The molecule has 0 bridgehead atoms. The van der Waals surface area contributed by atoms with Crippen LogP contribution in [0.3, 0.4) is 0 Å². The van der Waals surface area contributed by atoms with E-state index in [1.54, 1.807) is 24.1 Å². The number of benzene rings is 1. The number of nitro benzene ring substituents is 1. The monoisotopic (exact) mass is 288 g/mol. The van der Waals surface area contributed by atoms with E-state index in [-0.39, 0.29) is 17.5 Å². The fourth-order valence-corrected chi connectivity index (χ4v) is 2.28. The first-order chi connectivity index (χ1) is 10.0. The van der Waals surface area contributed by atoms with Crippen LogP contribution in [0.2, 0.25) is 0 Å². The summed E-state index contributed by atoms with van der Waals surface area (Å²) in [5, 5.41) is 14.5. The number of carbonyl (C=O) groups excluding carboxylic acids is 1. The molecule has 1 saturated heterocycles. The fraction of sp³-hybridized carbons (Fsp3) is 0.308. The molecule has 3 rings (SSSR count). The Hall–Kier alpha value is -2.77. The third kappa shape index (κ3) is 2.47. The van der Waals surface area contributed by atoms with E-state index in [4.69, 9.17) is 4.52 Å². The predicted octanol–water partition coefficient (Wildman–Crippen LogP) is 1.59. The van der Waals surface area contributed by atoms with E-state index in [0.717, 1.165) is 0 Å². The predicted molar refractivity (Wildman–Crippen MR) is 71.4 cm³/mol. The number of nitrogens with zero attached hydrogens (tertiary/aromatic N) is 4. The van der Waals surface area contributed by atoms with Crippen molar-refractivity contribution in [3.8, 4) is 11.5 Å². The second-order valence-corrected chi connectivity index (χ2v) is 4.94. The van der Waals surface area contributed by atoms with Crippen LogP contribution in [0.5, 0.6) is 0 Å². The minimum atomic E-state index is -0.469. The van der Waals surface area contributed by atoms with Crippen molar-refractivity contribution in [1.29, 1.82) is 0 Å². The number of hydrogen-bond donors (Lipinski definition) is 0. The first-order valence-corrected chi connectivity index (χ1v) is 6.37. The molecule has 0 radical (unpaired) electrons. The molecular formula is C13H12N4O4. The summed E-state index contributed by atoms with van der Waals surface area (Å²) in [4.78, 5) is 27.6. The topological polar surface area (TPSA) is 102 Å². The maximum atomic E-state index is 11.5. The molecule has 0 aliphatic carbocycles. The van der Waals surface area contributed by atoms with Gasteiger partial charge in [0, 0.05) is 43.6 Å². The Bertz CT molecular complexity index is 694. The number of aromatic nitrogens is 2. The lowest BCUT2D eigenvalue weighted by atomic mass is 10.1. The summed E-state index contributed by atoms with van der Waals surface area (Å²) in [7, 11) is 1.74. The van der Waals surface area contributed by atoms with Crippen LogP contribution in [-0.4, -0.2) is 39.5 Å². The smallest absolute Gasteiger partial charge is 0.269 e. The highest BCUT2D eigenvalue weighted by Crippen LogP contribution is 2.27. The van der Waals surface area contributed by atoms with E-state index < -0.39 is 4.92 Å². The molecule has 8 nitrogen and oxygen atoms in total. The van der Waals surface area contributed by atoms with Gasteiger partial charge >= 0.3 is 0 Å². The average molecular weight is 288 g/mol. The normalized spacial score (nSPS) is 18.2. The van der Waals surface area contributed by atoms with Gasteiger partial charge in [0.25, 0.3) is 11.6 Å². The number of likely N-dealkylation sites (N-methyl/N-ethyl adjacent to an activating group) is 1. The highest BCUT2D eigenvalue weighted by Gasteiger charge is 2.31. The highest BCUT2D eigenvalue weighted by molar-refractivity contribution is 5.79. The average Bonchev–Trinajstić information content (AvgIpc) is 3.07. The lowest BCUT2D eigenvalue weighted by Crippen LogP contribution is -2.18. The van der Waals surface area contributed by atoms with Crippen LogP contribution in [0.15, 0.2) is 28.8 Å². The first-order valence-electron chi connectivity index (χ1n) is 6.37. The zero-order chi connectivity index (χ0) is 15.0. The second-order valence-electron chi connectivity index (χ2n) is 4.94. The number of hydrogen-bond acceptors (Lipinski definition) is 6. The Morgan fingerprint density at radius 2 is 2.10 bits per heavy atom. The summed E-state index contributed by atoms with van der Waals surface area (Å²) in [6.45, 7) is 0.568. The van der Waals surface area contributed by atoms with Crippen molar-refractivity contribution in [2.45, 2.75) is 12.3 Å². The summed E-state index contributed by atoms with van der Waals surface area (Å²) in [6, 6.07) is 5.88. The molecule has 8 heteroatoms. The van der Waals surface area contributed by atoms with Gasteiger partial charge in [-0.15, -0.1) is 0 Å². The van der Waals surface area contributed by atoms with Gasteiger partial charge in [-0.1, -0.05) is 5.16 Å². The van der Waals surface area contributed by atoms with Crippen LogP contribution in [-0.2, 0) is 4.79 Å². The molecule has 1 fully saturated rings. The fourth-order valence-electron chi connectivity index (χ4n) is 2.28. The quantitative estimate of drug-likeness (QED) is 0.627.